The van der Waals surface area contributed by atoms with E-state index in [-0.39, 0.29) is 5.82 Å². The molecule has 3 nitrogen and oxygen atoms in total. The van der Waals surface area contributed by atoms with E-state index in [1.807, 2.05) is 24.7 Å². The molecule has 5 heteroatoms. The van der Waals surface area contributed by atoms with E-state index in [1.165, 1.54) is 6.07 Å². The van der Waals surface area contributed by atoms with E-state index >= 15 is 0 Å². The third-order valence-corrected chi connectivity index (χ3v) is 2.94. The Balaban J connectivity index is 2.47. The maximum absolute atomic E-state index is 13.6. The van der Waals surface area contributed by atoms with Crippen LogP contribution in [0.2, 0.25) is 0 Å². The van der Waals surface area contributed by atoms with Gasteiger partial charge in [0.15, 0.2) is 5.82 Å². The van der Waals surface area contributed by atoms with Gasteiger partial charge in [0.25, 0.3) is 0 Å². The van der Waals surface area contributed by atoms with Crippen molar-refractivity contribution >= 4 is 22.6 Å². The predicted octanol–water partition coefficient (Wildman–Crippen LogP) is 2.48. The van der Waals surface area contributed by atoms with Crippen LogP contribution in [0.3, 0.4) is 0 Å². The second-order valence-electron chi connectivity index (χ2n) is 4.22. The van der Waals surface area contributed by atoms with Crippen LogP contribution in [0.25, 0.3) is 11.0 Å². The Morgan fingerprint density at radius 1 is 1.41 bits per heavy atom. The van der Waals surface area contributed by atoms with E-state index in [9.17, 15) is 4.39 Å². The van der Waals surface area contributed by atoms with Crippen LogP contribution in [0.15, 0.2) is 18.2 Å². The fourth-order valence-electron chi connectivity index (χ4n) is 1.81. The summed E-state index contributed by atoms with van der Waals surface area (Å²) in [5, 5.41) is 0. The third kappa shape index (κ3) is 2.42. The van der Waals surface area contributed by atoms with Crippen LogP contribution >= 0.6 is 11.6 Å². The highest BCUT2D eigenvalue weighted by atomic mass is 35.5. The molecule has 0 saturated carbocycles. The molecule has 2 rings (SSSR count). The van der Waals surface area contributed by atoms with E-state index in [0.717, 1.165) is 18.6 Å². The van der Waals surface area contributed by atoms with E-state index in [1.54, 1.807) is 6.07 Å². The summed E-state index contributed by atoms with van der Waals surface area (Å²) in [4.78, 5) is 6.32. The van der Waals surface area contributed by atoms with Gasteiger partial charge in [-0.2, -0.15) is 0 Å². The minimum absolute atomic E-state index is 0.293. The van der Waals surface area contributed by atoms with Crippen LogP contribution in [-0.2, 0) is 12.4 Å². The van der Waals surface area contributed by atoms with Gasteiger partial charge >= 0.3 is 0 Å². The van der Waals surface area contributed by atoms with E-state index in [4.69, 9.17) is 11.6 Å². The predicted molar refractivity (Wildman–Crippen MR) is 67.8 cm³/mol. The first kappa shape index (κ1) is 12.3. The Morgan fingerprint density at radius 2 is 2.18 bits per heavy atom. The SMILES string of the molecule is CN(C)CCn1c(CCl)nc2c(F)cccc21. The molecule has 0 spiro atoms. The van der Waals surface area contributed by atoms with Gasteiger partial charge in [0.1, 0.15) is 11.3 Å². The van der Waals surface area contributed by atoms with Crippen LogP contribution < -0.4 is 0 Å². The van der Waals surface area contributed by atoms with Crippen molar-refractivity contribution in [3.05, 3.63) is 29.8 Å². The van der Waals surface area contributed by atoms with Crippen LogP contribution in [0.5, 0.6) is 0 Å². The number of aromatic nitrogens is 2. The molecule has 0 saturated heterocycles. The molecular formula is C12H15ClFN3. The molecular weight excluding hydrogens is 241 g/mol. The minimum Gasteiger partial charge on any atom is -0.326 e. The lowest BCUT2D eigenvalue weighted by atomic mass is 10.3. The lowest BCUT2D eigenvalue weighted by molar-refractivity contribution is 0.384. The van der Waals surface area contributed by atoms with Gasteiger partial charge in [-0.1, -0.05) is 6.07 Å². The van der Waals surface area contributed by atoms with Crippen LogP contribution in [0.1, 0.15) is 5.82 Å². The van der Waals surface area contributed by atoms with Gasteiger partial charge in [-0.3, -0.25) is 0 Å². The summed E-state index contributed by atoms with van der Waals surface area (Å²) in [5.74, 6) is 0.716. The maximum Gasteiger partial charge on any atom is 0.151 e. The first-order valence-corrected chi connectivity index (χ1v) is 6.01. The molecule has 0 bridgehead atoms. The number of hydrogen-bond donors (Lipinski definition) is 0. The minimum atomic E-state index is -0.294. The monoisotopic (exact) mass is 255 g/mol. The maximum atomic E-state index is 13.6. The van der Waals surface area contributed by atoms with Gasteiger partial charge < -0.3 is 9.47 Å². The summed E-state index contributed by atoms with van der Waals surface area (Å²) >= 11 is 5.85. The molecule has 0 aliphatic carbocycles. The van der Waals surface area contributed by atoms with E-state index < -0.39 is 0 Å². The summed E-state index contributed by atoms with van der Waals surface area (Å²) in [6.45, 7) is 1.63. The number of nitrogens with zero attached hydrogens (tertiary/aromatic N) is 3. The number of likely N-dealkylation sites (N-methyl/N-ethyl adjacent to an activating group) is 1. The summed E-state index contributed by atoms with van der Waals surface area (Å²) in [5.41, 5.74) is 1.21. The van der Waals surface area contributed by atoms with Gasteiger partial charge in [-0.15, -0.1) is 11.6 Å². The molecule has 0 aliphatic rings. The molecule has 92 valence electrons. The zero-order valence-electron chi connectivity index (χ0n) is 9.95. The summed E-state index contributed by atoms with van der Waals surface area (Å²) in [6, 6.07) is 4.99. The Hall–Kier alpha value is -1.13. The van der Waals surface area contributed by atoms with Crippen molar-refractivity contribution in [2.75, 3.05) is 20.6 Å². The summed E-state index contributed by atoms with van der Waals surface area (Å²) in [6.07, 6.45) is 0. The number of rotatable bonds is 4. The number of fused-ring (bicyclic) bond motifs is 1. The van der Waals surface area contributed by atoms with Crippen molar-refractivity contribution in [2.45, 2.75) is 12.4 Å². The smallest absolute Gasteiger partial charge is 0.151 e. The molecule has 0 amide bonds. The fourth-order valence-corrected chi connectivity index (χ4v) is 2.02. The molecule has 0 N–H and O–H groups in total. The molecule has 0 atom stereocenters. The number of benzene rings is 1. The first-order chi connectivity index (χ1) is 8.13. The molecule has 2 aromatic rings. The van der Waals surface area contributed by atoms with E-state index in [2.05, 4.69) is 9.88 Å². The van der Waals surface area contributed by atoms with Crippen molar-refractivity contribution in [1.29, 1.82) is 0 Å². The van der Waals surface area contributed by atoms with Crippen molar-refractivity contribution in [2.24, 2.45) is 0 Å². The zero-order chi connectivity index (χ0) is 12.4. The molecule has 0 fully saturated rings. The molecule has 0 radical (unpaired) electrons. The standard InChI is InChI=1S/C12H15ClFN3/c1-16(2)6-7-17-10-5-3-4-9(14)12(10)15-11(17)8-13/h3-5H,6-8H2,1-2H3. The number of para-hydroxylation sites is 1. The zero-order valence-corrected chi connectivity index (χ0v) is 10.7. The van der Waals surface area contributed by atoms with Gasteiger partial charge in [0.2, 0.25) is 0 Å². The molecule has 1 heterocycles. The Bertz CT molecular complexity index is 522. The largest absolute Gasteiger partial charge is 0.326 e. The molecule has 0 unspecified atom stereocenters. The van der Waals surface area contributed by atoms with E-state index in [0.29, 0.717) is 17.2 Å². The highest BCUT2D eigenvalue weighted by Gasteiger charge is 2.12. The third-order valence-electron chi connectivity index (χ3n) is 2.70. The number of halogens is 2. The highest BCUT2D eigenvalue weighted by molar-refractivity contribution is 6.16. The summed E-state index contributed by atoms with van der Waals surface area (Å²) < 4.78 is 15.6. The fraction of sp³-hybridized carbons (Fsp3) is 0.417. The van der Waals surface area contributed by atoms with Gasteiger partial charge in [-0.25, -0.2) is 9.37 Å². The van der Waals surface area contributed by atoms with Gasteiger partial charge in [0.05, 0.1) is 11.4 Å². The second kappa shape index (κ2) is 5.02. The molecule has 17 heavy (non-hydrogen) atoms. The van der Waals surface area contributed by atoms with Gasteiger partial charge in [0, 0.05) is 13.1 Å². The average molecular weight is 256 g/mol. The normalized spacial score (nSPS) is 11.6. The van der Waals surface area contributed by atoms with Crippen molar-refractivity contribution < 1.29 is 4.39 Å². The van der Waals surface area contributed by atoms with Crippen molar-refractivity contribution in [1.82, 2.24) is 14.5 Å². The van der Waals surface area contributed by atoms with Crippen molar-refractivity contribution in [3.8, 4) is 0 Å². The lowest BCUT2D eigenvalue weighted by Gasteiger charge is -2.12. The molecule has 0 aliphatic heterocycles. The number of hydrogen-bond acceptors (Lipinski definition) is 2. The number of imidazole rings is 1. The van der Waals surface area contributed by atoms with Crippen molar-refractivity contribution in [3.63, 3.8) is 0 Å². The molecule has 1 aromatic heterocycles. The van der Waals surface area contributed by atoms with Crippen LogP contribution in [0, 0.1) is 5.82 Å². The first-order valence-electron chi connectivity index (χ1n) is 5.48. The lowest BCUT2D eigenvalue weighted by Crippen LogP contribution is -2.19. The average Bonchev–Trinajstić information content (AvgIpc) is 2.66. The summed E-state index contributed by atoms with van der Waals surface area (Å²) in [7, 11) is 4.00. The topological polar surface area (TPSA) is 21.1 Å². The molecule has 1 aromatic carbocycles. The Morgan fingerprint density at radius 3 is 2.82 bits per heavy atom. The Labute approximate surface area is 105 Å². The van der Waals surface area contributed by atoms with Gasteiger partial charge in [-0.05, 0) is 26.2 Å². The quantitative estimate of drug-likeness (QED) is 0.783. The van der Waals surface area contributed by atoms with Crippen LogP contribution in [-0.4, -0.2) is 35.1 Å². The van der Waals surface area contributed by atoms with Crippen LogP contribution in [0.4, 0.5) is 4.39 Å². The number of alkyl halides is 1. The highest BCUT2D eigenvalue weighted by Crippen LogP contribution is 2.20. The second-order valence-corrected chi connectivity index (χ2v) is 4.49. The Kier molecular flexibility index (Phi) is 3.64.